The van der Waals surface area contributed by atoms with Gasteiger partial charge in [-0.05, 0) is 59.5 Å². The van der Waals surface area contributed by atoms with Gasteiger partial charge in [0.1, 0.15) is 18.2 Å². The Morgan fingerprint density at radius 1 is 0.686 bits per heavy atom. The monoisotopic (exact) mass is 478 g/mol. The van der Waals surface area contributed by atoms with E-state index in [-0.39, 0.29) is 30.3 Å². The first-order valence-electron chi connectivity index (χ1n) is 11.2. The molecule has 0 aliphatic carbocycles. The number of methoxy groups -OCH3 is 1. The van der Waals surface area contributed by atoms with Crippen molar-refractivity contribution in [3.8, 4) is 33.8 Å². The van der Waals surface area contributed by atoms with Crippen molar-refractivity contribution in [3.63, 3.8) is 0 Å². The third-order valence-corrected chi connectivity index (χ3v) is 5.64. The highest BCUT2D eigenvalue weighted by atomic mass is 19.2. The molecule has 0 aliphatic rings. The summed E-state index contributed by atoms with van der Waals surface area (Å²) in [4.78, 5) is 0. The Balaban J connectivity index is 1.43. The molecule has 0 radical (unpaired) electrons. The van der Waals surface area contributed by atoms with Crippen LogP contribution in [0.4, 0.5) is 13.2 Å². The van der Waals surface area contributed by atoms with Gasteiger partial charge in [-0.25, -0.2) is 8.78 Å². The molecule has 0 amide bonds. The summed E-state index contributed by atoms with van der Waals surface area (Å²) in [6, 6.07) is 21.9. The van der Waals surface area contributed by atoms with Crippen LogP contribution in [0.3, 0.4) is 0 Å². The first-order chi connectivity index (χ1) is 17.0. The molecule has 0 saturated carbocycles. The number of ether oxygens (including phenoxy) is 3. The third kappa shape index (κ3) is 5.66. The number of hydrogen-bond acceptors (Lipinski definition) is 3. The van der Waals surface area contributed by atoms with E-state index in [2.05, 4.69) is 0 Å². The Hall–Kier alpha value is -3.77. The van der Waals surface area contributed by atoms with Gasteiger partial charge >= 0.3 is 0 Å². The molecule has 3 nitrogen and oxygen atoms in total. The number of benzene rings is 4. The van der Waals surface area contributed by atoms with Crippen LogP contribution in [0, 0.1) is 17.5 Å². The van der Waals surface area contributed by atoms with Crippen molar-refractivity contribution < 1.29 is 27.4 Å². The van der Waals surface area contributed by atoms with Crippen molar-refractivity contribution in [3.05, 3.63) is 107 Å². The fourth-order valence-corrected chi connectivity index (χ4v) is 3.65. The SMILES string of the molecule is CCOCc1ccc(-c2ccc(COc3ccc(-c4ccc(OC)cc4)c(F)c3F)cc2)cc1F. The Bertz CT molecular complexity index is 1290. The highest BCUT2D eigenvalue weighted by molar-refractivity contribution is 5.66. The van der Waals surface area contributed by atoms with E-state index in [1.807, 2.05) is 25.1 Å². The van der Waals surface area contributed by atoms with Crippen LogP contribution >= 0.6 is 0 Å². The summed E-state index contributed by atoms with van der Waals surface area (Å²) in [5.74, 6) is -1.88. The molecule has 4 aromatic rings. The maximum Gasteiger partial charge on any atom is 0.201 e. The average Bonchev–Trinajstić information content (AvgIpc) is 2.89. The fourth-order valence-electron chi connectivity index (χ4n) is 3.65. The largest absolute Gasteiger partial charge is 0.497 e. The van der Waals surface area contributed by atoms with E-state index in [1.165, 1.54) is 25.3 Å². The summed E-state index contributed by atoms with van der Waals surface area (Å²) >= 11 is 0. The van der Waals surface area contributed by atoms with Gasteiger partial charge in [-0.1, -0.05) is 48.5 Å². The second-order valence-electron chi connectivity index (χ2n) is 7.90. The predicted molar refractivity (Wildman–Crippen MR) is 130 cm³/mol. The van der Waals surface area contributed by atoms with E-state index in [4.69, 9.17) is 14.2 Å². The molecule has 4 rings (SSSR count). The fraction of sp³-hybridized carbons (Fsp3) is 0.172. The topological polar surface area (TPSA) is 27.7 Å². The minimum atomic E-state index is -1.04. The van der Waals surface area contributed by atoms with Gasteiger partial charge in [0, 0.05) is 17.7 Å². The van der Waals surface area contributed by atoms with Crippen molar-refractivity contribution in [2.75, 3.05) is 13.7 Å². The van der Waals surface area contributed by atoms with Gasteiger partial charge in [-0.2, -0.15) is 4.39 Å². The summed E-state index contributed by atoms with van der Waals surface area (Å²) in [5, 5.41) is 0. The molecule has 0 unspecified atom stereocenters. The molecule has 0 heterocycles. The molecule has 0 aromatic heterocycles. The molecule has 0 saturated heterocycles. The first kappa shape index (κ1) is 24.4. The molecule has 0 bridgehead atoms. The van der Waals surface area contributed by atoms with Crippen LogP contribution in [-0.2, 0) is 18.0 Å². The maximum absolute atomic E-state index is 14.7. The van der Waals surface area contributed by atoms with Crippen LogP contribution < -0.4 is 9.47 Å². The lowest BCUT2D eigenvalue weighted by Gasteiger charge is -2.12. The summed E-state index contributed by atoms with van der Waals surface area (Å²) in [6.45, 7) is 2.67. The highest BCUT2D eigenvalue weighted by Crippen LogP contribution is 2.31. The Morgan fingerprint density at radius 2 is 1.37 bits per heavy atom. The van der Waals surface area contributed by atoms with Crippen molar-refractivity contribution >= 4 is 0 Å². The minimum Gasteiger partial charge on any atom is -0.497 e. The van der Waals surface area contributed by atoms with Gasteiger partial charge in [-0.15, -0.1) is 0 Å². The van der Waals surface area contributed by atoms with Crippen molar-refractivity contribution in [1.82, 2.24) is 0 Å². The van der Waals surface area contributed by atoms with Crippen LogP contribution in [0.25, 0.3) is 22.3 Å². The zero-order chi connectivity index (χ0) is 24.8. The zero-order valence-electron chi connectivity index (χ0n) is 19.5. The van der Waals surface area contributed by atoms with Gasteiger partial charge in [-0.3, -0.25) is 0 Å². The van der Waals surface area contributed by atoms with Crippen molar-refractivity contribution in [2.45, 2.75) is 20.1 Å². The smallest absolute Gasteiger partial charge is 0.201 e. The van der Waals surface area contributed by atoms with Gasteiger partial charge in [0.2, 0.25) is 5.82 Å². The van der Waals surface area contributed by atoms with Crippen LogP contribution in [0.2, 0.25) is 0 Å². The van der Waals surface area contributed by atoms with Gasteiger partial charge in [0.25, 0.3) is 0 Å². The molecule has 180 valence electrons. The Morgan fingerprint density at radius 3 is 2.03 bits per heavy atom. The predicted octanol–water partition coefficient (Wildman–Crippen LogP) is 7.56. The van der Waals surface area contributed by atoms with Crippen LogP contribution in [-0.4, -0.2) is 13.7 Å². The van der Waals surface area contributed by atoms with Gasteiger partial charge < -0.3 is 14.2 Å². The Kier molecular flexibility index (Phi) is 7.73. The molecule has 6 heteroatoms. The normalized spacial score (nSPS) is 10.9. The van der Waals surface area contributed by atoms with Crippen molar-refractivity contribution in [2.24, 2.45) is 0 Å². The molecule has 0 N–H and O–H groups in total. The summed E-state index contributed by atoms with van der Waals surface area (Å²) in [6.07, 6.45) is 0. The first-order valence-corrected chi connectivity index (χ1v) is 11.2. The van der Waals surface area contributed by atoms with Gasteiger partial charge in [0.05, 0.1) is 13.7 Å². The summed E-state index contributed by atoms with van der Waals surface area (Å²) < 4.78 is 59.6. The van der Waals surface area contributed by atoms with E-state index >= 15 is 0 Å². The highest BCUT2D eigenvalue weighted by Gasteiger charge is 2.16. The lowest BCUT2D eigenvalue weighted by Crippen LogP contribution is -2.00. The van der Waals surface area contributed by atoms with E-state index < -0.39 is 11.6 Å². The standard InChI is InChI=1S/C29H25F3O3/c1-3-34-18-23-9-8-22(16-26(23)30)20-6-4-19(5-7-20)17-35-27-15-14-25(28(31)29(27)32)21-10-12-24(33-2)13-11-21/h4-16H,3,17-18H2,1-2H3. The molecule has 0 atom stereocenters. The molecule has 35 heavy (non-hydrogen) atoms. The number of hydrogen-bond donors (Lipinski definition) is 0. The maximum atomic E-state index is 14.7. The Labute approximate surface area is 202 Å². The number of halogens is 3. The molecule has 0 spiro atoms. The molecule has 4 aromatic carbocycles. The molecule has 0 aliphatic heterocycles. The van der Waals surface area contributed by atoms with Gasteiger partial charge in [0.15, 0.2) is 11.6 Å². The second kappa shape index (κ2) is 11.1. The van der Waals surface area contributed by atoms with E-state index in [0.29, 0.717) is 23.5 Å². The lowest BCUT2D eigenvalue weighted by molar-refractivity contribution is 0.131. The summed E-state index contributed by atoms with van der Waals surface area (Å²) in [5.41, 5.74) is 3.51. The minimum absolute atomic E-state index is 0.0557. The van der Waals surface area contributed by atoms with E-state index in [1.54, 1.807) is 42.5 Å². The van der Waals surface area contributed by atoms with Crippen LogP contribution in [0.5, 0.6) is 11.5 Å². The zero-order valence-corrected chi connectivity index (χ0v) is 19.5. The van der Waals surface area contributed by atoms with Crippen LogP contribution in [0.1, 0.15) is 18.1 Å². The second-order valence-corrected chi connectivity index (χ2v) is 7.90. The lowest BCUT2D eigenvalue weighted by atomic mass is 10.0. The van der Waals surface area contributed by atoms with Crippen molar-refractivity contribution in [1.29, 1.82) is 0 Å². The third-order valence-electron chi connectivity index (χ3n) is 5.64. The van der Waals surface area contributed by atoms with E-state index in [9.17, 15) is 13.2 Å². The summed E-state index contributed by atoms with van der Waals surface area (Å²) in [7, 11) is 1.54. The molecular weight excluding hydrogens is 453 g/mol. The van der Waals surface area contributed by atoms with E-state index in [0.717, 1.165) is 16.7 Å². The molecular formula is C29H25F3O3. The molecule has 0 fully saturated rings. The quantitative estimate of drug-likeness (QED) is 0.248. The average molecular weight is 479 g/mol. The number of rotatable bonds is 9. The van der Waals surface area contributed by atoms with Crippen LogP contribution in [0.15, 0.2) is 78.9 Å².